The smallest absolute Gasteiger partial charge is 0.237 e. The van der Waals surface area contributed by atoms with Crippen LogP contribution in [-0.2, 0) is 4.79 Å². The summed E-state index contributed by atoms with van der Waals surface area (Å²) in [4.78, 5) is 13.0. The van der Waals surface area contributed by atoms with Gasteiger partial charge in [0.25, 0.3) is 0 Å². The van der Waals surface area contributed by atoms with Crippen molar-refractivity contribution in [3.63, 3.8) is 0 Å². The molecule has 0 radical (unpaired) electrons. The van der Waals surface area contributed by atoms with Crippen molar-refractivity contribution >= 4 is 23.4 Å². The molecule has 0 saturated carbocycles. The number of benzene rings is 2. The molecule has 1 atom stereocenters. The molecule has 98 valence electrons. The fraction of sp³-hybridized carbons (Fsp3) is 0.133. The molecule has 2 rings (SSSR count). The second-order valence-electron chi connectivity index (χ2n) is 4.07. The van der Waals surface area contributed by atoms with Crippen LogP contribution in [-0.4, -0.2) is 11.2 Å². The molecule has 19 heavy (non-hydrogen) atoms. The third-order valence-corrected chi connectivity index (χ3v) is 3.63. The highest BCUT2D eigenvalue weighted by Crippen LogP contribution is 2.23. The van der Waals surface area contributed by atoms with E-state index in [-0.39, 0.29) is 17.0 Å². The third-order valence-electron chi connectivity index (χ3n) is 2.52. The maximum atomic E-state index is 13.0. The highest BCUT2D eigenvalue weighted by molar-refractivity contribution is 8.00. The van der Waals surface area contributed by atoms with Crippen LogP contribution in [0.15, 0.2) is 59.5 Å². The molecule has 1 amide bonds. The van der Waals surface area contributed by atoms with Crippen molar-refractivity contribution in [3.05, 3.63) is 60.4 Å². The monoisotopic (exact) mass is 275 g/mol. The van der Waals surface area contributed by atoms with Gasteiger partial charge in [-0.3, -0.25) is 4.79 Å². The number of halogens is 1. The minimum Gasteiger partial charge on any atom is -0.325 e. The van der Waals surface area contributed by atoms with Gasteiger partial charge in [-0.1, -0.05) is 24.3 Å². The fourth-order valence-electron chi connectivity index (χ4n) is 1.57. The van der Waals surface area contributed by atoms with Crippen molar-refractivity contribution in [2.45, 2.75) is 17.1 Å². The molecule has 4 heteroatoms. The molecular formula is C15H14FNOS. The van der Waals surface area contributed by atoms with Crippen molar-refractivity contribution in [1.29, 1.82) is 0 Å². The SMILES string of the molecule is CC(Sc1ccccc1)C(=O)Nc1cccc(F)c1. The molecule has 0 aliphatic carbocycles. The van der Waals surface area contributed by atoms with Gasteiger partial charge in [0.2, 0.25) is 5.91 Å². The molecular weight excluding hydrogens is 261 g/mol. The van der Waals surface area contributed by atoms with E-state index in [0.29, 0.717) is 5.69 Å². The van der Waals surface area contributed by atoms with Crippen molar-refractivity contribution in [2.24, 2.45) is 0 Å². The Morgan fingerprint density at radius 1 is 1.16 bits per heavy atom. The summed E-state index contributed by atoms with van der Waals surface area (Å²) in [6, 6.07) is 15.6. The first-order valence-corrected chi connectivity index (χ1v) is 6.81. The second kappa shape index (κ2) is 6.38. The lowest BCUT2D eigenvalue weighted by Gasteiger charge is -2.12. The minimum atomic E-state index is -0.360. The summed E-state index contributed by atoms with van der Waals surface area (Å²) in [5.74, 6) is -0.499. The van der Waals surface area contributed by atoms with Crippen LogP contribution in [0.2, 0.25) is 0 Å². The number of carbonyl (C=O) groups excluding carboxylic acids is 1. The van der Waals surface area contributed by atoms with Gasteiger partial charge in [-0.15, -0.1) is 11.8 Å². The summed E-state index contributed by atoms with van der Waals surface area (Å²) < 4.78 is 13.0. The minimum absolute atomic E-state index is 0.139. The normalized spacial score (nSPS) is 11.9. The largest absolute Gasteiger partial charge is 0.325 e. The number of hydrogen-bond acceptors (Lipinski definition) is 2. The van der Waals surface area contributed by atoms with Crippen LogP contribution in [0.5, 0.6) is 0 Å². The number of carbonyl (C=O) groups is 1. The Kier molecular flexibility index (Phi) is 4.58. The fourth-order valence-corrected chi connectivity index (χ4v) is 2.46. The Morgan fingerprint density at radius 2 is 1.89 bits per heavy atom. The molecule has 0 fully saturated rings. The molecule has 1 unspecified atom stereocenters. The zero-order chi connectivity index (χ0) is 13.7. The average molecular weight is 275 g/mol. The number of hydrogen-bond donors (Lipinski definition) is 1. The molecule has 2 aromatic rings. The molecule has 0 aromatic heterocycles. The Labute approximate surface area is 116 Å². The van der Waals surface area contributed by atoms with Crippen molar-refractivity contribution in [3.8, 4) is 0 Å². The van der Waals surface area contributed by atoms with Crippen LogP contribution < -0.4 is 5.32 Å². The van der Waals surface area contributed by atoms with E-state index >= 15 is 0 Å². The number of thioether (sulfide) groups is 1. The molecule has 0 bridgehead atoms. The Morgan fingerprint density at radius 3 is 2.58 bits per heavy atom. The maximum Gasteiger partial charge on any atom is 0.237 e. The molecule has 2 nitrogen and oxygen atoms in total. The van der Waals surface area contributed by atoms with Crippen molar-refractivity contribution in [1.82, 2.24) is 0 Å². The van der Waals surface area contributed by atoms with E-state index < -0.39 is 0 Å². The lowest BCUT2D eigenvalue weighted by Crippen LogP contribution is -2.22. The molecule has 0 aliphatic rings. The molecule has 0 spiro atoms. The van der Waals surface area contributed by atoms with Crippen LogP contribution >= 0.6 is 11.8 Å². The van der Waals surface area contributed by atoms with E-state index in [1.165, 1.54) is 23.9 Å². The van der Waals surface area contributed by atoms with Gasteiger partial charge in [-0.05, 0) is 37.3 Å². The van der Waals surface area contributed by atoms with Gasteiger partial charge >= 0.3 is 0 Å². The second-order valence-corrected chi connectivity index (χ2v) is 5.49. The topological polar surface area (TPSA) is 29.1 Å². The molecule has 2 aromatic carbocycles. The predicted octanol–water partition coefficient (Wildman–Crippen LogP) is 3.95. The third kappa shape index (κ3) is 4.10. The van der Waals surface area contributed by atoms with Crippen LogP contribution in [0.3, 0.4) is 0 Å². The number of nitrogens with one attached hydrogen (secondary N) is 1. The summed E-state index contributed by atoms with van der Waals surface area (Å²) in [6.45, 7) is 1.83. The van der Waals surface area contributed by atoms with E-state index in [2.05, 4.69) is 5.32 Å². The van der Waals surface area contributed by atoms with Gasteiger partial charge in [0.05, 0.1) is 5.25 Å². The van der Waals surface area contributed by atoms with Crippen LogP contribution in [0.25, 0.3) is 0 Å². The predicted molar refractivity (Wildman–Crippen MR) is 76.8 cm³/mol. The van der Waals surface area contributed by atoms with Crippen LogP contribution in [0.1, 0.15) is 6.92 Å². The van der Waals surface area contributed by atoms with Gasteiger partial charge in [0.1, 0.15) is 5.82 Å². The average Bonchev–Trinajstić information content (AvgIpc) is 2.40. The number of amides is 1. The van der Waals surface area contributed by atoms with E-state index in [4.69, 9.17) is 0 Å². The lowest BCUT2D eigenvalue weighted by atomic mass is 10.3. The van der Waals surface area contributed by atoms with Crippen molar-refractivity contribution in [2.75, 3.05) is 5.32 Å². The molecule has 0 aliphatic heterocycles. The molecule has 1 N–H and O–H groups in total. The summed E-state index contributed by atoms with van der Waals surface area (Å²) in [5, 5.41) is 2.46. The van der Waals surface area contributed by atoms with E-state index in [1.807, 2.05) is 37.3 Å². The van der Waals surface area contributed by atoms with Gasteiger partial charge in [0.15, 0.2) is 0 Å². The van der Waals surface area contributed by atoms with E-state index in [0.717, 1.165) is 4.90 Å². The van der Waals surface area contributed by atoms with Crippen molar-refractivity contribution < 1.29 is 9.18 Å². The Balaban J connectivity index is 1.96. The van der Waals surface area contributed by atoms with E-state index in [9.17, 15) is 9.18 Å². The summed E-state index contributed by atoms with van der Waals surface area (Å²) >= 11 is 1.47. The zero-order valence-electron chi connectivity index (χ0n) is 10.5. The van der Waals surface area contributed by atoms with Gasteiger partial charge in [0, 0.05) is 10.6 Å². The highest BCUT2D eigenvalue weighted by atomic mass is 32.2. The lowest BCUT2D eigenvalue weighted by molar-refractivity contribution is -0.115. The number of rotatable bonds is 4. The van der Waals surface area contributed by atoms with Gasteiger partial charge < -0.3 is 5.32 Å². The maximum absolute atomic E-state index is 13.0. The molecule has 0 heterocycles. The summed E-state index contributed by atoms with van der Waals surface area (Å²) in [7, 11) is 0. The first-order chi connectivity index (χ1) is 9.15. The Bertz CT molecular complexity index is 559. The van der Waals surface area contributed by atoms with Crippen LogP contribution in [0.4, 0.5) is 10.1 Å². The van der Waals surface area contributed by atoms with Gasteiger partial charge in [-0.25, -0.2) is 4.39 Å². The molecule has 0 saturated heterocycles. The Hall–Kier alpha value is -1.81. The quantitative estimate of drug-likeness (QED) is 0.856. The zero-order valence-corrected chi connectivity index (χ0v) is 11.3. The van der Waals surface area contributed by atoms with E-state index in [1.54, 1.807) is 12.1 Å². The highest BCUT2D eigenvalue weighted by Gasteiger charge is 2.14. The number of anilines is 1. The summed E-state index contributed by atoms with van der Waals surface area (Å²) in [6.07, 6.45) is 0. The van der Waals surface area contributed by atoms with Gasteiger partial charge in [-0.2, -0.15) is 0 Å². The summed E-state index contributed by atoms with van der Waals surface area (Å²) in [5.41, 5.74) is 0.477. The first-order valence-electron chi connectivity index (χ1n) is 5.93. The standard InChI is InChI=1S/C15H14FNOS/c1-11(19-14-8-3-2-4-9-14)15(18)17-13-7-5-6-12(16)10-13/h2-11H,1H3,(H,17,18). The van der Waals surface area contributed by atoms with Crippen LogP contribution in [0, 0.1) is 5.82 Å². The first kappa shape index (κ1) is 13.6.